The highest BCUT2D eigenvalue weighted by molar-refractivity contribution is 7.99. The molecule has 1 aliphatic rings. The molecule has 1 fully saturated rings. The van der Waals surface area contributed by atoms with Gasteiger partial charge >= 0.3 is 0 Å². The van der Waals surface area contributed by atoms with Crippen LogP contribution in [0.2, 0.25) is 0 Å². The summed E-state index contributed by atoms with van der Waals surface area (Å²) in [6.45, 7) is 6.15. The minimum Gasteiger partial charge on any atom is -0.497 e. The van der Waals surface area contributed by atoms with Crippen LogP contribution in [0.3, 0.4) is 0 Å². The van der Waals surface area contributed by atoms with Gasteiger partial charge in [-0.3, -0.25) is 9.69 Å². The van der Waals surface area contributed by atoms with E-state index in [2.05, 4.69) is 32.4 Å². The third-order valence-corrected chi connectivity index (χ3v) is 6.92. The maximum atomic E-state index is 12.6. The summed E-state index contributed by atoms with van der Waals surface area (Å²) in [5, 5.41) is 11.8. The molecule has 1 amide bonds. The Balaban J connectivity index is 1.23. The van der Waals surface area contributed by atoms with E-state index in [1.54, 1.807) is 18.4 Å². The summed E-state index contributed by atoms with van der Waals surface area (Å²) in [5.41, 5.74) is 1.94. The molecule has 8 nitrogen and oxygen atoms in total. The van der Waals surface area contributed by atoms with Crippen molar-refractivity contribution in [3.05, 3.63) is 40.3 Å². The van der Waals surface area contributed by atoms with Gasteiger partial charge in [0.1, 0.15) is 5.75 Å². The first-order valence-electron chi connectivity index (χ1n) is 10.2. The maximum Gasteiger partial charge on any atom is 0.277 e. The second-order valence-corrected chi connectivity index (χ2v) is 9.00. The van der Waals surface area contributed by atoms with E-state index in [-0.39, 0.29) is 11.7 Å². The number of carbonyl (C=O) groups is 1. The number of thioether (sulfide) groups is 1. The Labute approximate surface area is 189 Å². The molecule has 0 bridgehead atoms. The normalized spacial score (nSPS) is 14.7. The van der Waals surface area contributed by atoms with E-state index in [1.807, 2.05) is 29.2 Å². The third kappa shape index (κ3) is 5.63. The number of thiazole rings is 1. The van der Waals surface area contributed by atoms with Crippen LogP contribution in [0.4, 0.5) is 0 Å². The lowest BCUT2D eigenvalue weighted by Gasteiger charge is -2.34. The zero-order valence-electron chi connectivity index (χ0n) is 17.6. The van der Waals surface area contributed by atoms with Crippen molar-refractivity contribution in [2.75, 3.05) is 39.0 Å². The summed E-state index contributed by atoms with van der Waals surface area (Å²) in [7, 11) is 1.62. The fourth-order valence-electron chi connectivity index (χ4n) is 3.30. The molecular weight excluding hydrogens is 434 g/mol. The summed E-state index contributed by atoms with van der Waals surface area (Å²) < 4.78 is 10.8. The van der Waals surface area contributed by atoms with Crippen LogP contribution < -0.4 is 4.74 Å². The van der Waals surface area contributed by atoms with Crippen molar-refractivity contribution in [3.63, 3.8) is 0 Å². The summed E-state index contributed by atoms with van der Waals surface area (Å²) in [6.07, 6.45) is 0.978. The molecule has 1 aromatic carbocycles. The van der Waals surface area contributed by atoms with Gasteiger partial charge in [0, 0.05) is 43.7 Å². The maximum absolute atomic E-state index is 12.6. The number of hydrogen-bond acceptors (Lipinski definition) is 9. The highest BCUT2D eigenvalue weighted by Gasteiger charge is 2.22. The van der Waals surface area contributed by atoms with Crippen LogP contribution in [0, 0.1) is 0 Å². The average Bonchev–Trinajstić information content (AvgIpc) is 3.47. The lowest BCUT2D eigenvalue weighted by Crippen LogP contribution is -2.48. The van der Waals surface area contributed by atoms with Crippen LogP contribution in [0.1, 0.15) is 17.6 Å². The van der Waals surface area contributed by atoms with E-state index in [9.17, 15) is 4.79 Å². The van der Waals surface area contributed by atoms with E-state index in [0.717, 1.165) is 56.2 Å². The minimum absolute atomic E-state index is 0.0933. The number of carbonyl (C=O) groups excluding carboxylic acids is 1. The highest BCUT2D eigenvalue weighted by Crippen LogP contribution is 2.25. The van der Waals surface area contributed by atoms with Gasteiger partial charge in [-0.25, -0.2) is 4.98 Å². The molecule has 31 heavy (non-hydrogen) atoms. The summed E-state index contributed by atoms with van der Waals surface area (Å²) in [4.78, 5) is 21.5. The topological polar surface area (TPSA) is 84.6 Å². The first kappa shape index (κ1) is 21.8. The van der Waals surface area contributed by atoms with Crippen molar-refractivity contribution >= 4 is 29.0 Å². The van der Waals surface area contributed by atoms with Gasteiger partial charge in [0.2, 0.25) is 11.8 Å². The number of nitrogens with zero attached hydrogens (tertiary/aromatic N) is 5. The molecule has 1 saturated heterocycles. The van der Waals surface area contributed by atoms with Crippen molar-refractivity contribution in [2.24, 2.45) is 0 Å². The van der Waals surface area contributed by atoms with Gasteiger partial charge in [0.25, 0.3) is 5.22 Å². The average molecular weight is 460 g/mol. The lowest BCUT2D eigenvalue weighted by molar-refractivity contribution is -0.130. The SMILES string of the molecule is CCc1nc(CN2CCN(C(=O)CSc3nnc(-c4ccc(OC)cc4)o3)CC2)cs1. The van der Waals surface area contributed by atoms with E-state index < -0.39 is 0 Å². The van der Waals surface area contributed by atoms with Gasteiger partial charge in [-0.15, -0.1) is 21.5 Å². The molecule has 0 saturated carbocycles. The number of benzene rings is 1. The molecule has 164 valence electrons. The van der Waals surface area contributed by atoms with Crippen LogP contribution in [0.5, 0.6) is 5.75 Å². The second kappa shape index (κ2) is 10.3. The molecule has 1 aliphatic heterocycles. The zero-order chi connectivity index (χ0) is 21.6. The largest absolute Gasteiger partial charge is 0.497 e. The molecule has 0 N–H and O–H groups in total. The molecule has 0 aliphatic carbocycles. The van der Waals surface area contributed by atoms with Crippen LogP contribution in [-0.2, 0) is 17.8 Å². The molecule has 0 radical (unpaired) electrons. The summed E-state index contributed by atoms with van der Waals surface area (Å²) >= 11 is 2.99. The predicted molar refractivity (Wildman–Crippen MR) is 120 cm³/mol. The Morgan fingerprint density at radius 3 is 2.65 bits per heavy atom. The molecule has 2 aromatic heterocycles. The number of amides is 1. The Morgan fingerprint density at radius 1 is 1.19 bits per heavy atom. The van der Waals surface area contributed by atoms with Crippen molar-refractivity contribution in [1.29, 1.82) is 0 Å². The van der Waals surface area contributed by atoms with E-state index in [0.29, 0.717) is 11.1 Å². The minimum atomic E-state index is 0.0933. The van der Waals surface area contributed by atoms with Crippen molar-refractivity contribution in [1.82, 2.24) is 25.0 Å². The van der Waals surface area contributed by atoms with Gasteiger partial charge in [-0.2, -0.15) is 0 Å². The Morgan fingerprint density at radius 2 is 1.97 bits per heavy atom. The Hall–Kier alpha value is -2.43. The van der Waals surface area contributed by atoms with Gasteiger partial charge < -0.3 is 14.1 Å². The first-order valence-corrected chi connectivity index (χ1v) is 12.0. The molecule has 0 spiro atoms. The van der Waals surface area contributed by atoms with Gasteiger partial charge in [-0.05, 0) is 30.7 Å². The quantitative estimate of drug-likeness (QED) is 0.475. The first-order chi connectivity index (χ1) is 15.1. The van der Waals surface area contributed by atoms with E-state index in [1.165, 1.54) is 16.8 Å². The lowest BCUT2D eigenvalue weighted by atomic mass is 10.2. The standard InChI is InChI=1S/C21H25N5O3S2/c1-3-18-22-16(13-30-18)12-25-8-10-26(11-9-25)19(27)14-31-21-24-23-20(29-21)15-4-6-17(28-2)7-5-15/h4-7,13H,3,8-12,14H2,1-2H3. The number of rotatable bonds is 8. The third-order valence-electron chi connectivity index (χ3n) is 5.07. The van der Waals surface area contributed by atoms with Crippen LogP contribution >= 0.6 is 23.1 Å². The number of ether oxygens (including phenoxy) is 1. The Kier molecular flexibility index (Phi) is 7.21. The van der Waals surface area contributed by atoms with Gasteiger partial charge in [0.05, 0.1) is 23.6 Å². The smallest absolute Gasteiger partial charge is 0.277 e. The van der Waals surface area contributed by atoms with E-state index >= 15 is 0 Å². The molecular formula is C21H25N5O3S2. The summed E-state index contributed by atoms with van der Waals surface area (Å²) in [6, 6.07) is 7.40. The van der Waals surface area contributed by atoms with Gasteiger partial charge in [0.15, 0.2) is 0 Å². The molecule has 3 heterocycles. The number of hydrogen-bond donors (Lipinski definition) is 0. The van der Waals surface area contributed by atoms with Crippen LogP contribution in [0.15, 0.2) is 39.3 Å². The molecule has 4 rings (SSSR count). The van der Waals surface area contributed by atoms with Crippen molar-refractivity contribution < 1.29 is 13.9 Å². The number of aromatic nitrogens is 3. The predicted octanol–water partition coefficient (Wildman–Crippen LogP) is 3.20. The molecule has 0 atom stereocenters. The fourth-order valence-corrected chi connectivity index (χ4v) is 4.70. The monoisotopic (exact) mass is 459 g/mol. The fraction of sp³-hybridized carbons (Fsp3) is 0.429. The van der Waals surface area contributed by atoms with Crippen molar-refractivity contribution in [2.45, 2.75) is 25.1 Å². The van der Waals surface area contributed by atoms with Crippen LogP contribution in [-0.4, -0.2) is 69.9 Å². The Bertz CT molecular complexity index is 997. The number of piperazine rings is 1. The zero-order valence-corrected chi connectivity index (χ0v) is 19.2. The van der Waals surface area contributed by atoms with Gasteiger partial charge in [-0.1, -0.05) is 18.7 Å². The summed E-state index contributed by atoms with van der Waals surface area (Å²) in [5.74, 6) is 1.58. The highest BCUT2D eigenvalue weighted by atomic mass is 32.2. The molecule has 0 unspecified atom stereocenters. The van der Waals surface area contributed by atoms with E-state index in [4.69, 9.17) is 9.15 Å². The second-order valence-electron chi connectivity index (χ2n) is 7.13. The number of methoxy groups -OCH3 is 1. The molecule has 10 heteroatoms. The number of aryl methyl sites for hydroxylation is 1. The van der Waals surface area contributed by atoms with Crippen LogP contribution in [0.25, 0.3) is 11.5 Å². The van der Waals surface area contributed by atoms with Crippen molar-refractivity contribution in [3.8, 4) is 17.2 Å². The molecule has 3 aromatic rings.